The van der Waals surface area contributed by atoms with E-state index in [1.807, 2.05) is 53.7 Å². The van der Waals surface area contributed by atoms with Gasteiger partial charge in [-0.05, 0) is 59.1 Å². The van der Waals surface area contributed by atoms with Crippen molar-refractivity contribution in [2.45, 2.75) is 6.04 Å². The molecule has 2 aliphatic rings. The van der Waals surface area contributed by atoms with Crippen LogP contribution in [0.5, 0.6) is 0 Å². The number of carbonyl (C=O) groups is 1. The SMILES string of the molecule is N#Cc1cccc(-c2cc(NC3CN(C(=O)C4=CC=CNC4)C3)c3cnccc3c2)c1. The number of carbonyl (C=O) groups excluding carboxylic acids is 1. The number of anilines is 1. The lowest BCUT2D eigenvalue weighted by Gasteiger charge is -2.41. The third-order valence-electron chi connectivity index (χ3n) is 5.69. The van der Waals surface area contributed by atoms with Crippen LogP contribution in [0.2, 0.25) is 0 Å². The predicted octanol–water partition coefficient (Wildman–Crippen LogP) is 3.44. The Morgan fingerprint density at radius 3 is 2.90 bits per heavy atom. The molecular weight excluding hydrogens is 386 g/mol. The lowest BCUT2D eigenvalue weighted by atomic mass is 9.98. The second-order valence-corrected chi connectivity index (χ2v) is 7.80. The average molecular weight is 407 g/mol. The fraction of sp³-hybridized carbons (Fsp3) is 0.160. The quantitative estimate of drug-likeness (QED) is 0.693. The van der Waals surface area contributed by atoms with Gasteiger partial charge in [-0.2, -0.15) is 5.26 Å². The van der Waals surface area contributed by atoms with Gasteiger partial charge in [0.25, 0.3) is 5.91 Å². The van der Waals surface area contributed by atoms with Crippen molar-refractivity contribution < 1.29 is 4.79 Å². The van der Waals surface area contributed by atoms with E-state index in [1.165, 1.54) is 0 Å². The molecule has 0 bridgehead atoms. The lowest BCUT2D eigenvalue weighted by molar-refractivity contribution is -0.130. The highest BCUT2D eigenvalue weighted by molar-refractivity contribution is 5.98. The molecule has 2 aliphatic heterocycles. The van der Waals surface area contributed by atoms with Crippen molar-refractivity contribution in [2.24, 2.45) is 0 Å². The summed E-state index contributed by atoms with van der Waals surface area (Å²) >= 11 is 0. The first-order valence-corrected chi connectivity index (χ1v) is 10.2. The highest BCUT2D eigenvalue weighted by atomic mass is 16.2. The van der Waals surface area contributed by atoms with E-state index in [9.17, 15) is 10.1 Å². The van der Waals surface area contributed by atoms with E-state index in [0.717, 1.165) is 33.2 Å². The van der Waals surface area contributed by atoms with Gasteiger partial charge in [0, 0.05) is 48.7 Å². The molecule has 31 heavy (non-hydrogen) atoms. The molecule has 0 aliphatic carbocycles. The third-order valence-corrected chi connectivity index (χ3v) is 5.69. The van der Waals surface area contributed by atoms with Gasteiger partial charge in [0.05, 0.1) is 17.7 Å². The van der Waals surface area contributed by atoms with Crippen LogP contribution in [0.3, 0.4) is 0 Å². The Labute approximate surface area is 180 Å². The van der Waals surface area contributed by atoms with Crippen molar-refractivity contribution in [2.75, 3.05) is 25.0 Å². The number of hydrogen-bond donors (Lipinski definition) is 2. The molecule has 6 heteroatoms. The summed E-state index contributed by atoms with van der Waals surface area (Å²) in [4.78, 5) is 18.8. The number of nitrogens with one attached hydrogen (secondary N) is 2. The second kappa shape index (κ2) is 7.96. The van der Waals surface area contributed by atoms with Crippen molar-refractivity contribution in [1.29, 1.82) is 5.26 Å². The number of amides is 1. The number of nitriles is 1. The van der Waals surface area contributed by atoms with E-state index < -0.39 is 0 Å². The number of hydrogen-bond acceptors (Lipinski definition) is 5. The van der Waals surface area contributed by atoms with Gasteiger partial charge in [0.2, 0.25) is 0 Å². The van der Waals surface area contributed by atoms with Crippen molar-refractivity contribution in [1.82, 2.24) is 15.2 Å². The lowest BCUT2D eigenvalue weighted by Crippen LogP contribution is -2.57. The molecule has 3 aromatic rings. The second-order valence-electron chi connectivity index (χ2n) is 7.80. The molecule has 0 radical (unpaired) electrons. The summed E-state index contributed by atoms with van der Waals surface area (Å²) in [6.45, 7) is 1.90. The summed E-state index contributed by atoms with van der Waals surface area (Å²) in [5, 5.41) is 18.0. The van der Waals surface area contributed by atoms with Crippen LogP contribution in [-0.2, 0) is 4.79 Å². The van der Waals surface area contributed by atoms with Gasteiger partial charge in [-0.25, -0.2) is 0 Å². The summed E-state index contributed by atoms with van der Waals surface area (Å²) in [5.74, 6) is 0.0866. The van der Waals surface area contributed by atoms with Gasteiger partial charge < -0.3 is 15.5 Å². The minimum atomic E-state index is 0.0866. The predicted molar refractivity (Wildman–Crippen MR) is 121 cm³/mol. The summed E-state index contributed by atoms with van der Waals surface area (Å²) < 4.78 is 0. The van der Waals surface area contributed by atoms with Crippen molar-refractivity contribution >= 4 is 22.4 Å². The number of nitrogens with zero attached hydrogens (tertiary/aromatic N) is 3. The molecule has 152 valence electrons. The number of rotatable bonds is 4. The topological polar surface area (TPSA) is 81.0 Å². The van der Waals surface area contributed by atoms with E-state index in [-0.39, 0.29) is 11.9 Å². The van der Waals surface area contributed by atoms with E-state index in [4.69, 9.17) is 0 Å². The van der Waals surface area contributed by atoms with Crippen LogP contribution in [0.25, 0.3) is 21.9 Å². The maximum absolute atomic E-state index is 12.6. The maximum atomic E-state index is 12.6. The van der Waals surface area contributed by atoms with Gasteiger partial charge in [-0.15, -0.1) is 0 Å². The molecule has 5 rings (SSSR count). The first-order chi connectivity index (χ1) is 15.2. The van der Waals surface area contributed by atoms with E-state index >= 15 is 0 Å². The van der Waals surface area contributed by atoms with E-state index in [0.29, 0.717) is 25.2 Å². The van der Waals surface area contributed by atoms with Crippen LogP contribution in [0, 0.1) is 11.3 Å². The Morgan fingerprint density at radius 1 is 1.19 bits per heavy atom. The fourth-order valence-electron chi connectivity index (χ4n) is 4.02. The van der Waals surface area contributed by atoms with Crippen LogP contribution in [0.4, 0.5) is 5.69 Å². The Morgan fingerprint density at radius 2 is 2.10 bits per heavy atom. The molecule has 0 unspecified atom stereocenters. The summed E-state index contributed by atoms with van der Waals surface area (Å²) in [6.07, 6.45) is 9.22. The Bertz CT molecular complexity index is 1260. The van der Waals surface area contributed by atoms with Crippen LogP contribution >= 0.6 is 0 Å². The molecule has 0 atom stereocenters. The largest absolute Gasteiger partial charge is 0.387 e. The highest BCUT2D eigenvalue weighted by Gasteiger charge is 2.32. The standard InChI is InChI=1S/C25H21N5O/c26-12-17-3-1-4-18(9-17)21-10-19-6-8-28-14-23(19)24(11-21)29-22-15-30(16-22)25(31)20-5-2-7-27-13-20/h1-11,14,22,27,29H,13,15-16H2. The molecule has 0 spiro atoms. The molecule has 1 aromatic heterocycles. The molecule has 1 fully saturated rings. The molecule has 2 N–H and O–H groups in total. The van der Waals surface area contributed by atoms with Crippen LogP contribution < -0.4 is 10.6 Å². The van der Waals surface area contributed by atoms with Gasteiger partial charge in [-0.1, -0.05) is 18.2 Å². The number of benzene rings is 2. The first-order valence-electron chi connectivity index (χ1n) is 10.2. The molecule has 3 heterocycles. The Kier molecular flexibility index (Phi) is 4.85. The minimum Gasteiger partial charge on any atom is -0.387 e. The van der Waals surface area contributed by atoms with Gasteiger partial charge in [0.15, 0.2) is 0 Å². The fourth-order valence-corrected chi connectivity index (χ4v) is 4.02. The maximum Gasteiger partial charge on any atom is 0.251 e. The zero-order valence-electron chi connectivity index (χ0n) is 16.9. The average Bonchev–Trinajstić information content (AvgIpc) is 2.81. The van der Waals surface area contributed by atoms with Crippen LogP contribution in [0.1, 0.15) is 5.56 Å². The normalized spacial score (nSPS) is 15.6. The van der Waals surface area contributed by atoms with Crippen LogP contribution in [-0.4, -0.2) is 41.5 Å². The number of likely N-dealkylation sites (tertiary alicyclic amines) is 1. The zero-order chi connectivity index (χ0) is 21.2. The monoisotopic (exact) mass is 407 g/mol. The van der Waals surface area contributed by atoms with E-state index in [1.54, 1.807) is 12.3 Å². The Hall–Kier alpha value is -4.11. The van der Waals surface area contributed by atoms with Gasteiger partial charge in [0.1, 0.15) is 0 Å². The van der Waals surface area contributed by atoms with Crippen molar-refractivity contribution in [3.8, 4) is 17.2 Å². The summed E-state index contributed by atoms with van der Waals surface area (Å²) in [6, 6.07) is 16.2. The Balaban J connectivity index is 1.38. The number of dihydropyridines is 1. The van der Waals surface area contributed by atoms with Crippen molar-refractivity contribution in [3.63, 3.8) is 0 Å². The zero-order valence-corrected chi connectivity index (χ0v) is 16.9. The molecule has 1 amide bonds. The number of fused-ring (bicyclic) bond motifs is 1. The molecular formula is C25H21N5O. The number of aromatic nitrogens is 1. The van der Waals surface area contributed by atoms with Crippen LogP contribution in [0.15, 0.2) is 78.8 Å². The molecule has 6 nitrogen and oxygen atoms in total. The minimum absolute atomic E-state index is 0.0866. The number of allylic oxidation sites excluding steroid dienone is 2. The molecule has 0 saturated carbocycles. The van der Waals surface area contributed by atoms with Gasteiger partial charge >= 0.3 is 0 Å². The molecule has 2 aromatic carbocycles. The van der Waals surface area contributed by atoms with Gasteiger partial charge in [-0.3, -0.25) is 9.78 Å². The number of pyridine rings is 1. The summed E-state index contributed by atoms with van der Waals surface area (Å²) in [7, 11) is 0. The first kappa shape index (κ1) is 18.9. The highest BCUT2D eigenvalue weighted by Crippen LogP contribution is 2.32. The van der Waals surface area contributed by atoms with E-state index in [2.05, 4.69) is 33.8 Å². The third kappa shape index (κ3) is 3.74. The van der Waals surface area contributed by atoms with Crippen molar-refractivity contribution in [3.05, 3.63) is 84.3 Å². The summed E-state index contributed by atoms with van der Waals surface area (Å²) in [5.41, 5.74) is 4.44. The smallest absolute Gasteiger partial charge is 0.251 e. The molecule has 1 saturated heterocycles.